The van der Waals surface area contributed by atoms with Gasteiger partial charge in [0.1, 0.15) is 12.2 Å². The van der Waals surface area contributed by atoms with Gasteiger partial charge in [0.05, 0.1) is 19.3 Å². The first-order valence-electron chi connectivity index (χ1n) is 10.0. The van der Waals surface area contributed by atoms with Crippen molar-refractivity contribution in [2.24, 2.45) is 5.92 Å². The van der Waals surface area contributed by atoms with E-state index in [2.05, 4.69) is 13.8 Å². The van der Waals surface area contributed by atoms with Gasteiger partial charge in [-0.3, -0.25) is 4.79 Å². The maximum absolute atomic E-state index is 14.7. The van der Waals surface area contributed by atoms with Crippen molar-refractivity contribution >= 4 is 11.8 Å². The first-order valence-corrected chi connectivity index (χ1v) is 10.0. The molecule has 2 aliphatic heterocycles. The van der Waals surface area contributed by atoms with Gasteiger partial charge in [-0.1, -0.05) is 13.8 Å². The van der Waals surface area contributed by atoms with Crippen molar-refractivity contribution in [3.05, 3.63) is 40.8 Å². The maximum atomic E-state index is 14.7. The summed E-state index contributed by atoms with van der Waals surface area (Å²) in [4.78, 5) is 26.9. The predicted molar refractivity (Wildman–Crippen MR) is 105 cm³/mol. The topological polar surface area (TPSA) is 65.1 Å². The molecule has 0 radical (unpaired) electrons. The number of hydrogen-bond acceptors (Lipinski definition) is 6. The number of nitrogens with zero attached hydrogens (tertiary/aromatic N) is 1. The molecule has 6 nitrogen and oxygen atoms in total. The van der Waals surface area contributed by atoms with E-state index < -0.39 is 11.8 Å². The summed E-state index contributed by atoms with van der Waals surface area (Å²) in [5, 5.41) is 0. The van der Waals surface area contributed by atoms with Crippen molar-refractivity contribution in [1.29, 1.82) is 0 Å². The number of hydrogen-bond donors (Lipinski definition) is 0. The molecule has 2 unspecified atom stereocenters. The van der Waals surface area contributed by atoms with E-state index in [0.717, 1.165) is 11.1 Å². The van der Waals surface area contributed by atoms with Crippen LogP contribution >= 0.6 is 0 Å². The first kappa shape index (κ1) is 21.3. The monoisotopic (exact) mass is 405 g/mol. The van der Waals surface area contributed by atoms with Crippen molar-refractivity contribution in [3.63, 3.8) is 0 Å². The average Bonchev–Trinajstić information content (AvgIpc) is 2.68. The highest BCUT2D eigenvalue weighted by atomic mass is 19.1. The standard InChI is InChI=1S/C22H28FNO5/c1-5-28-22(26)16-12-24-18(13(2)3)8-14-9-21(29-7-6-27-4)17(23)10-15(14)19(24)11-20(16)25/h9-10,12-13,18-19H,5-8,11H2,1-4H3. The van der Waals surface area contributed by atoms with Crippen LogP contribution in [-0.2, 0) is 25.5 Å². The SMILES string of the molecule is CCOC(=O)C1=CN2C(CC1=O)c1cc(F)c(OCCOC)cc1CC2C(C)C. The summed E-state index contributed by atoms with van der Waals surface area (Å²) in [5.74, 6) is -0.878. The molecule has 0 N–H and O–H groups in total. The molecule has 0 saturated carbocycles. The van der Waals surface area contributed by atoms with Crippen LogP contribution in [0.5, 0.6) is 5.75 Å². The van der Waals surface area contributed by atoms with E-state index in [-0.39, 0.29) is 54.7 Å². The molecule has 7 heteroatoms. The molecule has 2 aliphatic rings. The Hall–Kier alpha value is -2.41. The zero-order valence-corrected chi connectivity index (χ0v) is 17.4. The van der Waals surface area contributed by atoms with Crippen molar-refractivity contribution in [2.45, 2.75) is 45.7 Å². The van der Waals surface area contributed by atoms with E-state index >= 15 is 0 Å². The Bertz CT molecular complexity index is 820. The van der Waals surface area contributed by atoms with Crippen molar-refractivity contribution < 1.29 is 28.2 Å². The molecular weight excluding hydrogens is 377 g/mol. The molecule has 0 saturated heterocycles. The zero-order valence-electron chi connectivity index (χ0n) is 17.4. The van der Waals surface area contributed by atoms with Crippen LogP contribution in [0.15, 0.2) is 23.9 Å². The molecule has 2 atom stereocenters. The molecule has 3 rings (SSSR count). The maximum Gasteiger partial charge on any atom is 0.343 e. The molecule has 1 aromatic carbocycles. The molecule has 0 fully saturated rings. The minimum Gasteiger partial charge on any atom is -0.488 e. The van der Waals surface area contributed by atoms with E-state index in [1.165, 1.54) is 6.07 Å². The van der Waals surface area contributed by atoms with Crippen LogP contribution in [0.2, 0.25) is 0 Å². The van der Waals surface area contributed by atoms with E-state index in [4.69, 9.17) is 14.2 Å². The second kappa shape index (κ2) is 8.95. The number of carbonyl (C=O) groups is 2. The Morgan fingerprint density at radius 1 is 1.28 bits per heavy atom. The highest BCUT2D eigenvalue weighted by Crippen LogP contribution is 2.43. The van der Waals surface area contributed by atoms with Gasteiger partial charge in [-0.15, -0.1) is 0 Å². The summed E-state index contributed by atoms with van der Waals surface area (Å²) < 4.78 is 30.2. The summed E-state index contributed by atoms with van der Waals surface area (Å²) in [7, 11) is 1.56. The second-order valence-electron chi connectivity index (χ2n) is 7.69. The number of methoxy groups -OCH3 is 1. The molecule has 0 aromatic heterocycles. The number of halogens is 1. The summed E-state index contributed by atoms with van der Waals surface area (Å²) in [6.07, 6.45) is 2.40. The van der Waals surface area contributed by atoms with Crippen LogP contribution in [-0.4, -0.2) is 49.6 Å². The minimum absolute atomic E-state index is 0.0668. The molecule has 1 aromatic rings. The summed E-state index contributed by atoms with van der Waals surface area (Å²) >= 11 is 0. The van der Waals surface area contributed by atoms with Crippen molar-refractivity contribution in [1.82, 2.24) is 4.90 Å². The molecule has 0 bridgehead atoms. The summed E-state index contributed by atoms with van der Waals surface area (Å²) in [6.45, 7) is 6.75. The fraction of sp³-hybridized carbons (Fsp3) is 0.545. The number of fused-ring (bicyclic) bond motifs is 3. The Morgan fingerprint density at radius 3 is 2.69 bits per heavy atom. The quantitative estimate of drug-likeness (QED) is 0.394. The number of Topliss-reactive ketones (excluding diaryl/α,β-unsaturated/α-hetero) is 1. The lowest BCUT2D eigenvalue weighted by atomic mass is 9.80. The largest absolute Gasteiger partial charge is 0.488 e. The number of ketones is 1. The van der Waals surface area contributed by atoms with Gasteiger partial charge in [-0.05, 0) is 42.5 Å². The first-order chi connectivity index (χ1) is 13.9. The van der Waals surface area contributed by atoms with Gasteiger partial charge in [0.15, 0.2) is 17.3 Å². The smallest absolute Gasteiger partial charge is 0.343 e. The van der Waals surface area contributed by atoms with Gasteiger partial charge in [0, 0.05) is 25.8 Å². The van der Waals surface area contributed by atoms with Crippen molar-refractivity contribution in [3.8, 4) is 5.75 Å². The van der Waals surface area contributed by atoms with Gasteiger partial charge >= 0.3 is 5.97 Å². The highest BCUT2D eigenvalue weighted by molar-refractivity contribution is 6.17. The third kappa shape index (κ3) is 4.29. The summed E-state index contributed by atoms with van der Waals surface area (Å²) in [5.41, 5.74) is 1.81. The van der Waals surface area contributed by atoms with Gasteiger partial charge in [-0.2, -0.15) is 0 Å². The molecule has 158 valence electrons. The molecule has 0 aliphatic carbocycles. The minimum atomic E-state index is -0.600. The van der Waals surface area contributed by atoms with Crippen LogP contribution in [0, 0.1) is 11.7 Å². The Kier molecular flexibility index (Phi) is 6.57. The van der Waals surface area contributed by atoms with Gasteiger partial charge in [0.25, 0.3) is 0 Å². The zero-order chi connectivity index (χ0) is 21.1. The lowest BCUT2D eigenvalue weighted by molar-refractivity contribution is -0.140. The fourth-order valence-corrected chi connectivity index (χ4v) is 4.03. The van der Waals surface area contributed by atoms with Crippen molar-refractivity contribution in [2.75, 3.05) is 26.9 Å². The Labute approximate surface area is 170 Å². The summed E-state index contributed by atoms with van der Waals surface area (Å²) in [6, 6.07) is 2.96. The van der Waals surface area contributed by atoms with E-state index in [0.29, 0.717) is 13.0 Å². The number of rotatable bonds is 7. The molecule has 29 heavy (non-hydrogen) atoms. The van der Waals surface area contributed by atoms with Gasteiger partial charge < -0.3 is 19.1 Å². The van der Waals surface area contributed by atoms with Gasteiger partial charge in [0.2, 0.25) is 0 Å². The predicted octanol–water partition coefficient (Wildman–Crippen LogP) is 3.19. The van der Waals surface area contributed by atoms with Crippen LogP contribution < -0.4 is 4.74 Å². The third-order valence-electron chi connectivity index (χ3n) is 5.49. The van der Waals surface area contributed by atoms with E-state index in [1.807, 2.05) is 4.90 Å². The second-order valence-corrected chi connectivity index (χ2v) is 7.69. The molecular formula is C22H28FNO5. The normalized spacial score (nSPS) is 20.8. The Balaban J connectivity index is 1.98. The molecule has 2 heterocycles. The van der Waals surface area contributed by atoms with Crippen LogP contribution in [0.1, 0.15) is 44.4 Å². The van der Waals surface area contributed by atoms with Crippen LogP contribution in [0.3, 0.4) is 0 Å². The number of carbonyl (C=O) groups excluding carboxylic acids is 2. The molecule has 0 amide bonds. The van der Waals surface area contributed by atoms with Crippen LogP contribution in [0.25, 0.3) is 0 Å². The number of benzene rings is 1. The lowest BCUT2D eigenvalue weighted by Crippen LogP contribution is -2.47. The lowest BCUT2D eigenvalue weighted by Gasteiger charge is -2.46. The fourth-order valence-electron chi connectivity index (χ4n) is 4.03. The van der Waals surface area contributed by atoms with Gasteiger partial charge in [-0.25, -0.2) is 9.18 Å². The average molecular weight is 405 g/mol. The number of esters is 1. The highest BCUT2D eigenvalue weighted by Gasteiger charge is 2.41. The van der Waals surface area contributed by atoms with E-state index in [1.54, 1.807) is 26.3 Å². The molecule has 0 spiro atoms. The Morgan fingerprint density at radius 2 is 2.03 bits per heavy atom. The third-order valence-corrected chi connectivity index (χ3v) is 5.49. The van der Waals surface area contributed by atoms with Crippen LogP contribution in [0.4, 0.5) is 4.39 Å². The number of ether oxygens (including phenoxy) is 3. The van der Waals surface area contributed by atoms with E-state index in [9.17, 15) is 14.0 Å².